The number of thioether (sulfide) groups is 1. The number of hydrogen-bond acceptors (Lipinski definition) is 8. The third-order valence-corrected chi connectivity index (χ3v) is 5.72. The molecule has 8 nitrogen and oxygen atoms in total. The van der Waals surface area contributed by atoms with Gasteiger partial charge in [0, 0.05) is 13.1 Å². The molecule has 1 N–H and O–H groups in total. The van der Waals surface area contributed by atoms with Gasteiger partial charge in [-0.3, -0.25) is 14.5 Å². The first-order chi connectivity index (χ1) is 15.5. The maximum Gasteiger partial charge on any atom is 0.342 e. The van der Waals surface area contributed by atoms with Crippen LogP contribution < -0.4 is 14.8 Å². The summed E-state index contributed by atoms with van der Waals surface area (Å²) in [5, 5.41) is 2.60. The summed E-state index contributed by atoms with van der Waals surface area (Å²) in [5.74, 6) is 0.166. The van der Waals surface area contributed by atoms with Crippen LogP contribution in [0.15, 0.2) is 54.6 Å². The topological polar surface area (TPSA) is 94.2 Å². The van der Waals surface area contributed by atoms with Gasteiger partial charge in [-0.25, -0.2) is 4.79 Å². The zero-order valence-corrected chi connectivity index (χ0v) is 18.8. The summed E-state index contributed by atoms with van der Waals surface area (Å²) in [5.41, 5.74) is 0.213. The van der Waals surface area contributed by atoms with E-state index < -0.39 is 18.5 Å². The highest BCUT2D eigenvalue weighted by Gasteiger charge is 2.26. The average molecular weight is 475 g/mol. The number of nitrogens with one attached hydrogen (secondary N) is 1. The van der Waals surface area contributed by atoms with Crippen LogP contribution in [0.25, 0.3) is 0 Å². The van der Waals surface area contributed by atoms with Gasteiger partial charge in [0.2, 0.25) is 5.91 Å². The van der Waals surface area contributed by atoms with Crippen molar-refractivity contribution < 1.29 is 28.6 Å². The molecule has 2 aromatic rings. The number of para-hydroxylation sites is 2. The van der Waals surface area contributed by atoms with Crippen LogP contribution in [0.2, 0.25) is 0 Å². The number of nitrogens with zero attached hydrogens (tertiary/aromatic N) is 1. The van der Waals surface area contributed by atoms with E-state index in [1.165, 1.54) is 16.7 Å². The molecule has 3 rings (SSSR count). The van der Waals surface area contributed by atoms with Gasteiger partial charge >= 0.3 is 5.97 Å². The number of esters is 1. The minimum atomic E-state index is -0.674. The van der Waals surface area contributed by atoms with E-state index in [-0.39, 0.29) is 31.2 Å². The molecule has 0 unspecified atom stereocenters. The third kappa shape index (κ3) is 6.96. The zero-order valence-electron chi connectivity index (χ0n) is 17.2. The van der Waals surface area contributed by atoms with Gasteiger partial charge < -0.3 is 19.5 Å². The van der Waals surface area contributed by atoms with Crippen LogP contribution in [0.5, 0.6) is 11.5 Å². The number of hydrogen-bond donors (Lipinski definition) is 1. The molecule has 10 heteroatoms. The Hall–Kier alpha value is -3.11. The first-order valence-corrected chi connectivity index (χ1v) is 11.2. The van der Waals surface area contributed by atoms with E-state index in [9.17, 15) is 14.4 Å². The molecular formula is C22H22N2O6S2. The number of rotatable bonds is 11. The Morgan fingerprint density at radius 1 is 1.03 bits per heavy atom. The number of carbonyl (C=O) groups is 3. The van der Waals surface area contributed by atoms with Crippen molar-refractivity contribution >= 4 is 46.1 Å². The smallest absolute Gasteiger partial charge is 0.342 e. The van der Waals surface area contributed by atoms with Gasteiger partial charge in [0.05, 0.1) is 5.75 Å². The zero-order chi connectivity index (χ0) is 22.8. The predicted molar refractivity (Wildman–Crippen MR) is 124 cm³/mol. The fraction of sp³-hybridized carbons (Fsp3) is 0.273. The second-order valence-electron chi connectivity index (χ2n) is 6.53. The first-order valence-electron chi connectivity index (χ1n) is 9.85. The fourth-order valence-electron chi connectivity index (χ4n) is 2.75. The van der Waals surface area contributed by atoms with Crippen LogP contribution in [0.4, 0.5) is 0 Å². The molecule has 0 radical (unpaired) electrons. The predicted octanol–water partition coefficient (Wildman–Crippen LogP) is 2.28. The van der Waals surface area contributed by atoms with Crippen molar-refractivity contribution in [1.29, 1.82) is 0 Å². The van der Waals surface area contributed by atoms with E-state index in [1.54, 1.807) is 24.3 Å². The van der Waals surface area contributed by atoms with Crippen molar-refractivity contribution in [3.05, 3.63) is 60.2 Å². The molecule has 2 amide bonds. The number of amides is 2. The lowest BCUT2D eigenvalue weighted by Gasteiger charge is -2.15. The molecular weight excluding hydrogens is 452 g/mol. The number of ether oxygens (including phenoxy) is 3. The number of carbonyl (C=O) groups excluding carboxylic acids is 3. The minimum Gasteiger partial charge on any atom is -0.490 e. The molecule has 0 aromatic heterocycles. The summed E-state index contributed by atoms with van der Waals surface area (Å²) in [7, 11) is 0. The quantitative estimate of drug-likeness (QED) is 0.301. The van der Waals surface area contributed by atoms with E-state index in [4.69, 9.17) is 26.4 Å². The molecule has 1 saturated heterocycles. The van der Waals surface area contributed by atoms with Gasteiger partial charge in [0.1, 0.15) is 34.6 Å². The SMILES string of the molecule is O=C(COC(=O)c1ccccc1OCCOc1ccccc1)NCCN1C(=O)CSC1=S. The lowest BCUT2D eigenvalue weighted by Crippen LogP contribution is -2.38. The van der Waals surface area contributed by atoms with Crippen LogP contribution >= 0.6 is 24.0 Å². The van der Waals surface area contributed by atoms with Gasteiger partial charge in [-0.15, -0.1) is 0 Å². The van der Waals surface area contributed by atoms with E-state index in [2.05, 4.69) is 5.32 Å². The van der Waals surface area contributed by atoms with E-state index in [1.807, 2.05) is 30.3 Å². The lowest BCUT2D eigenvalue weighted by molar-refractivity contribution is -0.126. The Balaban J connectivity index is 1.40. The summed E-state index contributed by atoms with van der Waals surface area (Å²) in [6.07, 6.45) is 0. The van der Waals surface area contributed by atoms with E-state index in [0.29, 0.717) is 22.4 Å². The molecule has 1 fully saturated rings. The van der Waals surface area contributed by atoms with E-state index >= 15 is 0 Å². The standard InChI is InChI=1S/C22H22N2O6S2/c25-19(23-10-11-24-20(26)15-32-22(24)31)14-30-21(27)17-8-4-5-9-18(17)29-13-12-28-16-6-2-1-3-7-16/h1-9H,10-15H2,(H,23,25). The molecule has 0 atom stereocenters. The molecule has 0 spiro atoms. The lowest BCUT2D eigenvalue weighted by atomic mass is 10.2. The molecule has 0 aliphatic carbocycles. The van der Waals surface area contributed by atoms with E-state index in [0.717, 1.165) is 5.75 Å². The van der Waals surface area contributed by atoms with Crippen LogP contribution in [0.3, 0.4) is 0 Å². The third-order valence-electron chi connectivity index (χ3n) is 4.29. The Morgan fingerprint density at radius 2 is 1.75 bits per heavy atom. The minimum absolute atomic E-state index is 0.0774. The van der Waals surface area contributed by atoms with Gasteiger partial charge in [-0.05, 0) is 24.3 Å². The maximum atomic E-state index is 12.4. The summed E-state index contributed by atoms with van der Waals surface area (Å²) in [6, 6.07) is 15.9. The van der Waals surface area contributed by atoms with Crippen molar-refractivity contribution in [3.63, 3.8) is 0 Å². The molecule has 0 bridgehead atoms. The highest BCUT2D eigenvalue weighted by molar-refractivity contribution is 8.23. The highest BCUT2D eigenvalue weighted by atomic mass is 32.2. The van der Waals surface area contributed by atoms with Crippen LogP contribution in [0, 0.1) is 0 Å². The van der Waals surface area contributed by atoms with Crippen molar-refractivity contribution in [2.75, 3.05) is 38.7 Å². The van der Waals surface area contributed by atoms with Crippen molar-refractivity contribution in [2.45, 2.75) is 0 Å². The first kappa shape index (κ1) is 23.6. The molecule has 1 aliphatic heterocycles. The second kappa shape index (κ2) is 12.1. The Morgan fingerprint density at radius 3 is 2.50 bits per heavy atom. The van der Waals surface area contributed by atoms with Crippen molar-refractivity contribution in [3.8, 4) is 11.5 Å². The fourth-order valence-corrected chi connectivity index (χ4v) is 3.87. The summed E-state index contributed by atoms with van der Waals surface area (Å²) in [6.45, 7) is 0.583. The molecule has 32 heavy (non-hydrogen) atoms. The Bertz CT molecular complexity index is 954. The monoisotopic (exact) mass is 474 g/mol. The normalized spacial score (nSPS) is 13.1. The average Bonchev–Trinajstić information content (AvgIpc) is 3.13. The largest absolute Gasteiger partial charge is 0.490 e. The van der Waals surface area contributed by atoms with Crippen LogP contribution in [0.1, 0.15) is 10.4 Å². The Kier molecular flexibility index (Phi) is 8.88. The van der Waals surface area contributed by atoms with Crippen molar-refractivity contribution in [1.82, 2.24) is 10.2 Å². The second-order valence-corrected chi connectivity index (χ2v) is 8.14. The summed E-state index contributed by atoms with van der Waals surface area (Å²) < 4.78 is 16.8. The number of benzene rings is 2. The Labute approximate surface area is 195 Å². The molecule has 1 heterocycles. The van der Waals surface area contributed by atoms with Crippen LogP contribution in [-0.2, 0) is 14.3 Å². The highest BCUT2D eigenvalue weighted by Crippen LogP contribution is 2.20. The molecule has 168 valence electrons. The summed E-state index contributed by atoms with van der Waals surface area (Å²) >= 11 is 6.37. The van der Waals surface area contributed by atoms with Gasteiger partial charge in [0.15, 0.2) is 6.61 Å². The molecule has 1 aliphatic rings. The summed E-state index contributed by atoms with van der Waals surface area (Å²) in [4.78, 5) is 37.5. The van der Waals surface area contributed by atoms with Gasteiger partial charge in [-0.1, -0.05) is 54.3 Å². The number of thiocarbonyl (C=S) groups is 1. The molecule has 2 aromatic carbocycles. The van der Waals surface area contributed by atoms with Crippen LogP contribution in [-0.4, -0.2) is 65.7 Å². The molecule has 0 saturated carbocycles. The van der Waals surface area contributed by atoms with Crippen molar-refractivity contribution in [2.24, 2.45) is 0 Å². The van der Waals surface area contributed by atoms with Gasteiger partial charge in [0.25, 0.3) is 5.91 Å². The van der Waals surface area contributed by atoms with Gasteiger partial charge in [-0.2, -0.15) is 0 Å². The maximum absolute atomic E-state index is 12.4.